The third-order valence-corrected chi connectivity index (χ3v) is 4.15. The van der Waals surface area contributed by atoms with Gasteiger partial charge in [-0.3, -0.25) is 25.2 Å². The number of carbonyl (C=O) groups excluding carboxylic acids is 2. The summed E-state index contributed by atoms with van der Waals surface area (Å²) in [4.78, 5) is 39.8. The van der Waals surface area contributed by atoms with Crippen molar-refractivity contribution in [2.24, 2.45) is 16.5 Å². The minimum Gasteiger partial charge on any atom is -0.497 e. The number of hydrogen-bond donors (Lipinski definition) is 5. The Morgan fingerprint density at radius 1 is 1.03 bits per heavy atom. The van der Waals surface area contributed by atoms with E-state index in [2.05, 4.69) is 15.8 Å². The summed E-state index contributed by atoms with van der Waals surface area (Å²) >= 11 is 0. The highest BCUT2D eigenvalue weighted by Crippen LogP contribution is 2.25. The summed E-state index contributed by atoms with van der Waals surface area (Å²) < 4.78 is 5.08. The van der Waals surface area contributed by atoms with Crippen molar-refractivity contribution >= 4 is 29.4 Å². The Bertz CT molecular complexity index is 939. The predicted octanol–water partition coefficient (Wildman–Crippen LogP) is 1.01. The Hall–Kier alpha value is -4.08. The van der Waals surface area contributed by atoms with Gasteiger partial charge in [-0.05, 0) is 29.8 Å². The highest BCUT2D eigenvalue weighted by molar-refractivity contribution is 6.00. The van der Waals surface area contributed by atoms with Gasteiger partial charge in [-0.1, -0.05) is 24.3 Å². The number of amides is 2. The zero-order valence-electron chi connectivity index (χ0n) is 16.3. The van der Waals surface area contributed by atoms with E-state index in [0.717, 1.165) is 0 Å². The molecule has 0 bridgehead atoms. The fraction of sp³-hybridized carbons (Fsp3) is 0.200. The number of aliphatic carboxylic acids is 1. The van der Waals surface area contributed by atoms with Crippen molar-refractivity contribution in [3.8, 4) is 5.75 Å². The Morgan fingerprint density at radius 3 is 2.30 bits per heavy atom. The molecule has 10 heteroatoms. The number of aliphatic imine (C=N–C) groups is 1. The first kappa shape index (κ1) is 22.2. The first-order chi connectivity index (χ1) is 14.3. The number of carbonyl (C=O) groups is 3. The van der Waals surface area contributed by atoms with E-state index in [0.29, 0.717) is 11.3 Å². The van der Waals surface area contributed by atoms with Crippen LogP contribution in [-0.2, 0) is 9.59 Å². The SMILES string of the molecule is COc1ccc(C(CC(=O)O)CC(=O)NNC(=O)c2ccccc2N=C(N)N)cc1. The fourth-order valence-corrected chi connectivity index (χ4v) is 2.77. The molecule has 0 spiro atoms. The first-order valence-corrected chi connectivity index (χ1v) is 8.93. The Kier molecular flexibility index (Phi) is 7.74. The molecule has 158 valence electrons. The number of methoxy groups -OCH3 is 1. The number of rotatable bonds is 8. The molecule has 2 rings (SSSR count). The molecule has 0 heterocycles. The smallest absolute Gasteiger partial charge is 0.303 e. The van der Waals surface area contributed by atoms with Gasteiger partial charge in [-0.2, -0.15) is 0 Å². The number of nitrogens with two attached hydrogens (primary N) is 2. The van der Waals surface area contributed by atoms with Crippen molar-refractivity contribution in [2.75, 3.05) is 7.11 Å². The van der Waals surface area contributed by atoms with Gasteiger partial charge in [0.2, 0.25) is 5.91 Å². The molecule has 0 saturated carbocycles. The molecule has 1 atom stereocenters. The van der Waals surface area contributed by atoms with E-state index in [-0.39, 0.29) is 30.1 Å². The summed E-state index contributed by atoms with van der Waals surface area (Å²) in [5.41, 5.74) is 16.3. The molecule has 0 radical (unpaired) electrons. The fourth-order valence-electron chi connectivity index (χ4n) is 2.77. The highest BCUT2D eigenvalue weighted by Gasteiger charge is 2.20. The van der Waals surface area contributed by atoms with Crippen molar-refractivity contribution < 1.29 is 24.2 Å². The molecule has 30 heavy (non-hydrogen) atoms. The minimum atomic E-state index is -1.04. The van der Waals surface area contributed by atoms with Crippen LogP contribution in [0.4, 0.5) is 5.69 Å². The Morgan fingerprint density at radius 2 is 1.70 bits per heavy atom. The second-order valence-electron chi connectivity index (χ2n) is 6.33. The molecule has 2 aromatic rings. The van der Waals surface area contributed by atoms with Crippen molar-refractivity contribution in [1.29, 1.82) is 0 Å². The zero-order valence-corrected chi connectivity index (χ0v) is 16.3. The van der Waals surface area contributed by atoms with Gasteiger partial charge < -0.3 is 21.3 Å². The standard InChI is InChI=1S/C20H23N5O5/c1-30-14-8-6-12(7-9-14)13(11-18(27)28)10-17(26)24-25-19(29)15-4-2-3-5-16(15)23-20(21)22/h2-9,13H,10-11H2,1H3,(H,24,26)(H,25,29)(H,27,28)(H4,21,22,23). The van der Waals surface area contributed by atoms with E-state index in [1.807, 2.05) is 0 Å². The van der Waals surface area contributed by atoms with E-state index in [9.17, 15) is 14.4 Å². The summed E-state index contributed by atoms with van der Waals surface area (Å²) in [6.45, 7) is 0. The number of hydrogen-bond acceptors (Lipinski definition) is 5. The van der Waals surface area contributed by atoms with Crippen LogP contribution in [0.1, 0.15) is 34.7 Å². The number of carboxylic acids is 1. The lowest BCUT2D eigenvalue weighted by molar-refractivity contribution is -0.137. The molecular weight excluding hydrogens is 390 g/mol. The van der Waals surface area contributed by atoms with E-state index in [4.69, 9.17) is 21.3 Å². The molecule has 0 aromatic heterocycles. The summed E-state index contributed by atoms with van der Waals surface area (Å²) in [6, 6.07) is 13.1. The van der Waals surface area contributed by atoms with Gasteiger partial charge in [-0.25, -0.2) is 4.99 Å². The largest absolute Gasteiger partial charge is 0.497 e. The van der Waals surface area contributed by atoms with Crippen molar-refractivity contribution in [3.63, 3.8) is 0 Å². The third kappa shape index (κ3) is 6.51. The van der Waals surface area contributed by atoms with Gasteiger partial charge in [0.25, 0.3) is 5.91 Å². The maximum atomic E-state index is 12.4. The number of nitrogens with zero attached hydrogens (tertiary/aromatic N) is 1. The van der Waals surface area contributed by atoms with E-state index < -0.39 is 23.7 Å². The molecule has 0 aliphatic carbocycles. The van der Waals surface area contributed by atoms with Crippen molar-refractivity contribution in [1.82, 2.24) is 10.9 Å². The van der Waals surface area contributed by atoms with Crippen LogP contribution in [0.25, 0.3) is 0 Å². The molecule has 0 aliphatic rings. The molecule has 1 unspecified atom stereocenters. The summed E-state index contributed by atoms with van der Waals surface area (Å²) in [6.07, 6.45) is -0.393. The predicted molar refractivity (Wildman–Crippen MR) is 110 cm³/mol. The summed E-state index contributed by atoms with van der Waals surface area (Å²) in [5.74, 6) is -2.40. The lowest BCUT2D eigenvalue weighted by Crippen LogP contribution is -2.42. The molecule has 2 aromatic carbocycles. The van der Waals surface area contributed by atoms with Gasteiger partial charge in [-0.15, -0.1) is 0 Å². The second kappa shape index (κ2) is 10.5. The summed E-state index contributed by atoms with van der Waals surface area (Å²) in [5, 5.41) is 9.17. The molecule has 0 fully saturated rings. The van der Waals surface area contributed by atoms with Crippen LogP contribution in [-0.4, -0.2) is 36.0 Å². The summed E-state index contributed by atoms with van der Waals surface area (Å²) in [7, 11) is 1.52. The van der Waals surface area contributed by atoms with Crippen LogP contribution < -0.4 is 27.1 Å². The van der Waals surface area contributed by atoms with Crippen LogP contribution in [0.2, 0.25) is 0 Å². The number of ether oxygens (including phenoxy) is 1. The van der Waals surface area contributed by atoms with Gasteiger partial charge in [0, 0.05) is 12.3 Å². The second-order valence-corrected chi connectivity index (χ2v) is 6.33. The number of benzene rings is 2. The number of hydrazine groups is 1. The van der Waals surface area contributed by atoms with Gasteiger partial charge in [0.15, 0.2) is 5.96 Å². The lowest BCUT2D eigenvalue weighted by atomic mass is 9.92. The normalized spacial score (nSPS) is 11.1. The van der Waals surface area contributed by atoms with Crippen molar-refractivity contribution in [3.05, 3.63) is 59.7 Å². The van der Waals surface area contributed by atoms with Crippen molar-refractivity contribution in [2.45, 2.75) is 18.8 Å². The van der Waals surface area contributed by atoms with Crippen LogP contribution in [0.3, 0.4) is 0 Å². The van der Waals surface area contributed by atoms with E-state index in [1.54, 1.807) is 42.5 Å². The molecule has 0 aliphatic heterocycles. The molecule has 0 saturated heterocycles. The number of para-hydroxylation sites is 1. The average molecular weight is 413 g/mol. The molecule has 7 N–H and O–H groups in total. The van der Waals surface area contributed by atoms with Gasteiger partial charge in [0.05, 0.1) is 24.8 Å². The maximum Gasteiger partial charge on any atom is 0.303 e. The van der Waals surface area contributed by atoms with Gasteiger partial charge >= 0.3 is 5.97 Å². The zero-order chi connectivity index (χ0) is 22.1. The van der Waals surface area contributed by atoms with Gasteiger partial charge in [0.1, 0.15) is 5.75 Å². The molecule has 2 amide bonds. The highest BCUT2D eigenvalue weighted by atomic mass is 16.5. The topological polar surface area (TPSA) is 169 Å². The van der Waals surface area contributed by atoms with Crippen LogP contribution in [0, 0.1) is 0 Å². The lowest BCUT2D eigenvalue weighted by Gasteiger charge is -2.16. The van der Waals surface area contributed by atoms with Crippen LogP contribution >= 0.6 is 0 Å². The monoisotopic (exact) mass is 413 g/mol. The molecular formula is C20H23N5O5. The Labute approximate surface area is 172 Å². The maximum absolute atomic E-state index is 12.4. The minimum absolute atomic E-state index is 0.144. The number of guanidine groups is 1. The Balaban J connectivity index is 2.04. The van der Waals surface area contributed by atoms with E-state index in [1.165, 1.54) is 13.2 Å². The number of carboxylic acid groups (broad SMARTS) is 1. The van der Waals surface area contributed by atoms with E-state index >= 15 is 0 Å². The third-order valence-electron chi connectivity index (χ3n) is 4.15. The van der Waals surface area contributed by atoms with Crippen LogP contribution in [0.15, 0.2) is 53.5 Å². The van der Waals surface area contributed by atoms with Crippen LogP contribution in [0.5, 0.6) is 5.75 Å². The molecule has 10 nitrogen and oxygen atoms in total. The quantitative estimate of drug-likeness (QED) is 0.244. The first-order valence-electron chi connectivity index (χ1n) is 8.93. The average Bonchev–Trinajstić information content (AvgIpc) is 2.71. The number of nitrogens with one attached hydrogen (secondary N) is 2.